The van der Waals surface area contributed by atoms with Gasteiger partial charge in [-0.15, -0.1) is 11.3 Å². The number of thiazole rings is 1. The van der Waals surface area contributed by atoms with E-state index in [-0.39, 0.29) is 10.6 Å². The Labute approximate surface area is 91.5 Å². The van der Waals surface area contributed by atoms with E-state index in [0.29, 0.717) is 23.2 Å². The second-order valence-electron chi connectivity index (χ2n) is 2.84. The number of hydrogen-bond acceptors (Lipinski definition) is 4. The Morgan fingerprint density at radius 2 is 2.19 bits per heavy atom. The molecule has 0 amide bonds. The molecule has 7 heteroatoms. The predicted molar refractivity (Wildman–Crippen MR) is 50.2 cm³/mol. The number of alkyl halides is 3. The summed E-state index contributed by atoms with van der Waals surface area (Å²) in [5.74, 6) is -0.00243. The van der Waals surface area contributed by atoms with Gasteiger partial charge < -0.3 is 4.42 Å². The molecule has 0 unspecified atom stereocenters. The van der Waals surface area contributed by atoms with Crippen LogP contribution in [0.5, 0.6) is 0 Å². The zero-order valence-corrected chi connectivity index (χ0v) is 8.43. The molecule has 0 N–H and O–H groups in total. The second-order valence-corrected chi connectivity index (χ2v) is 3.87. The molecule has 3 nitrogen and oxygen atoms in total. The van der Waals surface area contributed by atoms with Gasteiger partial charge in [0.25, 0.3) is 0 Å². The molecule has 16 heavy (non-hydrogen) atoms. The van der Waals surface area contributed by atoms with Crippen molar-refractivity contribution in [3.8, 4) is 10.4 Å². The monoisotopic (exact) mass is 247 g/mol. The minimum atomic E-state index is -4.46. The van der Waals surface area contributed by atoms with Gasteiger partial charge in [0.1, 0.15) is 0 Å². The van der Waals surface area contributed by atoms with Gasteiger partial charge in [-0.1, -0.05) is 0 Å². The second kappa shape index (κ2) is 3.75. The van der Waals surface area contributed by atoms with Gasteiger partial charge in [0.2, 0.25) is 0 Å². The van der Waals surface area contributed by atoms with Crippen molar-refractivity contribution in [3.63, 3.8) is 0 Å². The Morgan fingerprint density at radius 3 is 2.75 bits per heavy atom. The molecule has 0 atom stereocenters. The first-order chi connectivity index (χ1) is 7.52. The van der Waals surface area contributed by atoms with Crippen LogP contribution in [-0.4, -0.2) is 11.3 Å². The summed E-state index contributed by atoms with van der Waals surface area (Å²) in [5.41, 5.74) is 0.322. The van der Waals surface area contributed by atoms with E-state index in [2.05, 4.69) is 4.98 Å². The van der Waals surface area contributed by atoms with Crippen molar-refractivity contribution in [1.29, 1.82) is 0 Å². The Balaban J connectivity index is 2.43. The molecule has 2 heterocycles. The van der Waals surface area contributed by atoms with Gasteiger partial charge in [0, 0.05) is 11.8 Å². The lowest BCUT2D eigenvalue weighted by Gasteiger charge is -1.98. The number of aromatic nitrogens is 1. The maximum atomic E-state index is 12.3. The fourth-order valence-corrected chi connectivity index (χ4v) is 1.96. The molecule has 0 saturated carbocycles. The van der Waals surface area contributed by atoms with Crippen LogP contribution in [0.2, 0.25) is 0 Å². The van der Waals surface area contributed by atoms with Crippen molar-refractivity contribution in [2.24, 2.45) is 0 Å². The van der Waals surface area contributed by atoms with Crippen molar-refractivity contribution in [1.82, 2.24) is 4.98 Å². The van der Waals surface area contributed by atoms with Crippen LogP contribution in [0.3, 0.4) is 0 Å². The van der Waals surface area contributed by atoms with Crippen LogP contribution in [0.15, 0.2) is 22.9 Å². The first kappa shape index (κ1) is 10.9. The number of furan rings is 1. The Kier molecular flexibility index (Phi) is 2.55. The van der Waals surface area contributed by atoms with Gasteiger partial charge >= 0.3 is 6.18 Å². The van der Waals surface area contributed by atoms with Gasteiger partial charge in [-0.3, -0.25) is 4.79 Å². The van der Waals surface area contributed by atoms with E-state index in [1.165, 1.54) is 12.3 Å². The average Bonchev–Trinajstić information content (AvgIpc) is 2.84. The summed E-state index contributed by atoms with van der Waals surface area (Å²) in [7, 11) is 0. The van der Waals surface area contributed by atoms with E-state index in [1.807, 2.05) is 0 Å². The molecule has 0 radical (unpaired) electrons. The zero-order chi connectivity index (χ0) is 11.8. The topological polar surface area (TPSA) is 43.1 Å². The molecule has 0 bridgehead atoms. The third-order valence-electron chi connectivity index (χ3n) is 1.82. The van der Waals surface area contributed by atoms with E-state index < -0.39 is 11.2 Å². The summed E-state index contributed by atoms with van der Waals surface area (Å²) in [6, 6.07) is 1.43. The van der Waals surface area contributed by atoms with E-state index in [1.54, 1.807) is 0 Å². The highest BCUT2D eigenvalue weighted by Gasteiger charge is 2.34. The summed E-state index contributed by atoms with van der Waals surface area (Å²) in [4.78, 5) is 14.0. The highest BCUT2D eigenvalue weighted by atomic mass is 32.1. The molecule has 0 saturated heterocycles. The average molecular weight is 247 g/mol. The fourth-order valence-electron chi connectivity index (χ4n) is 1.15. The number of nitrogens with zero attached hydrogens (tertiary/aromatic N) is 1. The lowest BCUT2D eigenvalue weighted by Crippen LogP contribution is -2.02. The zero-order valence-electron chi connectivity index (χ0n) is 7.62. The SMILES string of the molecule is O=Cc1occc1-c1cnc(C(F)(F)F)s1. The van der Waals surface area contributed by atoms with Crippen molar-refractivity contribution in [2.75, 3.05) is 0 Å². The molecular weight excluding hydrogens is 243 g/mol. The molecule has 0 aromatic carbocycles. The number of hydrogen-bond donors (Lipinski definition) is 0. The van der Waals surface area contributed by atoms with Gasteiger partial charge in [-0.25, -0.2) is 4.98 Å². The van der Waals surface area contributed by atoms with E-state index in [4.69, 9.17) is 4.42 Å². The van der Waals surface area contributed by atoms with Crippen molar-refractivity contribution >= 4 is 17.6 Å². The lowest BCUT2D eigenvalue weighted by molar-refractivity contribution is -0.137. The normalized spacial score (nSPS) is 11.7. The summed E-state index contributed by atoms with van der Waals surface area (Å²) in [6.07, 6.45) is -1.70. The standard InChI is InChI=1S/C9H4F3NO2S/c10-9(11,12)8-13-3-7(16-8)5-1-2-15-6(5)4-14/h1-4H. The molecule has 0 aliphatic heterocycles. The number of rotatable bonds is 2. The Morgan fingerprint density at radius 1 is 1.44 bits per heavy atom. The highest BCUT2D eigenvalue weighted by molar-refractivity contribution is 7.15. The van der Waals surface area contributed by atoms with Gasteiger partial charge in [-0.05, 0) is 6.07 Å². The van der Waals surface area contributed by atoms with Crippen LogP contribution < -0.4 is 0 Å². The minimum Gasteiger partial charge on any atom is -0.461 e. The van der Waals surface area contributed by atoms with Crippen LogP contribution >= 0.6 is 11.3 Å². The summed E-state index contributed by atoms with van der Waals surface area (Å²) in [6.45, 7) is 0. The predicted octanol–water partition coefficient (Wildman–Crippen LogP) is 3.23. The van der Waals surface area contributed by atoms with Crippen molar-refractivity contribution < 1.29 is 22.4 Å². The summed E-state index contributed by atoms with van der Waals surface area (Å²) in [5, 5.41) is -0.944. The van der Waals surface area contributed by atoms with Gasteiger partial charge in [0.15, 0.2) is 17.1 Å². The molecule has 2 rings (SSSR count). The van der Waals surface area contributed by atoms with Crippen LogP contribution in [0, 0.1) is 0 Å². The molecule has 0 aliphatic rings. The first-order valence-corrected chi connectivity index (χ1v) is 4.90. The maximum Gasteiger partial charge on any atom is 0.443 e. The van der Waals surface area contributed by atoms with Crippen LogP contribution in [0.1, 0.15) is 15.6 Å². The van der Waals surface area contributed by atoms with E-state index in [0.717, 1.165) is 6.20 Å². The van der Waals surface area contributed by atoms with Gasteiger partial charge in [0.05, 0.1) is 11.1 Å². The number of carbonyl (C=O) groups is 1. The molecule has 2 aromatic rings. The lowest BCUT2D eigenvalue weighted by atomic mass is 10.2. The Bertz CT molecular complexity index is 515. The quantitative estimate of drug-likeness (QED) is 0.765. The number of carbonyl (C=O) groups excluding carboxylic acids is 1. The largest absolute Gasteiger partial charge is 0.461 e. The third kappa shape index (κ3) is 1.85. The Hall–Kier alpha value is -1.63. The summed E-state index contributed by atoms with van der Waals surface area (Å²) >= 11 is 0.472. The molecule has 0 aliphatic carbocycles. The van der Waals surface area contributed by atoms with Crippen molar-refractivity contribution in [2.45, 2.75) is 6.18 Å². The van der Waals surface area contributed by atoms with Crippen LogP contribution in [0.4, 0.5) is 13.2 Å². The van der Waals surface area contributed by atoms with Crippen LogP contribution in [0.25, 0.3) is 10.4 Å². The maximum absolute atomic E-state index is 12.3. The highest BCUT2D eigenvalue weighted by Crippen LogP contribution is 2.37. The number of halogens is 3. The molecule has 0 fully saturated rings. The smallest absolute Gasteiger partial charge is 0.443 e. The minimum absolute atomic E-state index is 0.00243. The first-order valence-electron chi connectivity index (χ1n) is 4.08. The van der Waals surface area contributed by atoms with Crippen molar-refractivity contribution in [3.05, 3.63) is 29.3 Å². The molecule has 0 spiro atoms. The van der Waals surface area contributed by atoms with Gasteiger partial charge in [-0.2, -0.15) is 13.2 Å². The van der Waals surface area contributed by atoms with E-state index in [9.17, 15) is 18.0 Å². The third-order valence-corrected chi connectivity index (χ3v) is 2.89. The number of aldehydes is 1. The molecule has 2 aromatic heterocycles. The molecule has 84 valence electrons. The van der Waals surface area contributed by atoms with Crippen LogP contribution in [-0.2, 0) is 6.18 Å². The molecular formula is C9H4F3NO2S. The fraction of sp³-hybridized carbons (Fsp3) is 0.111. The van der Waals surface area contributed by atoms with E-state index >= 15 is 0 Å². The summed E-state index contributed by atoms with van der Waals surface area (Å²) < 4.78 is 41.6.